The topological polar surface area (TPSA) is 50.3 Å². The van der Waals surface area contributed by atoms with E-state index in [1.54, 1.807) is 18.5 Å². The highest BCUT2D eigenvalue weighted by Crippen LogP contribution is 2.33. The number of hydrogen-bond donors (Lipinski definition) is 0. The largest absolute Gasteiger partial charge is 0.264 e. The monoisotopic (exact) mass is 272 g/mol. The molecule has 1 aromatic heterocycles. The minimum Gasteiger partial charge on any atom is -0.264 e. The summed E-state index contributed by atoms with van der Waals surface area (Å²) in [5.74, 6) is -0.111. The Kier molecular flexibility index (Phi) is 4.29. The molecule has 1 aliphatic heterocycles. The van der Waals surface area contributed by atoms with Crippen molar-refractivity contribution in [3.8, 4) is 0 Å². The quantitative estimate of drug-likeness (QED) is 0.822. The van der Waals surface area contributed by atoms with Crippen LogP contribution in [0.1, 0.15) is 30.9 Å². The van der Waals surface area contributed by atoms with Crippen molar-refractivity contribution < 1.29 is 12.8 Å². The number of halogens is 1. The van der Waals surface area contributed by atoms with E-state index in [2.05, 4.69) is 4.98 Å². The van der Waals surface area contributed by atoms with Crippen LogP contribution in [-0.4, -0.2) is 36.7 Å². The molecule has 0 bridgehead atoms. The van der Waals surface area contributed by atoms with Crippen LogP contribution in [0.3, 0.4) is 0 Å². The molecule has 1 saturated heterocycles. The zero-order chi connectivity index (χ0) is 13.0. The van der Waals surface area contributed by atoms with Crippen LogP contribution in [0.4, 0.5) is 4.39 Å². The molecule has 0 saturated carbocycles. The van der Waals surface area contributed by atoms with E-state index in [0.717, 1.165) is 18.4 Å². The molecule has 4 nitrogen and oxygen atoms in total. The summed E-state index contributed by atoms with van der Waals surface area (Å²) in [6, 6.07) is 3.56. The minimum absolute atomic E-state index is 0.0680. The molecule has 0 aromatic carbocycles. The van der Waals surface area contributed by atoms with E-state index in [0.29, 0.717) is 6.54 Å². The van der Waals surface area contributed by atoms with Crippen molar-refractivity contribution in [3.05, 3.63) is 30.1 Å². The van der Waals surface area contributed by atoms with Crippen LogP contribution in [0, 0.1) is 0 Å². The maximum Gasteiger partial charge on any atom is 0.214 e. The smallest absolute Gasteiger partial charge is 0.214 e. The lowest BCUT2D eigenvalue weighted by atomic mass is 10.1. The zero-order valence-electron chi connectivity index (χ0n) is 10.1. The van der Waals surface area contributed by atoms with Gasteiger partial charge in [0.15, 0.2) is 0 Å². The highest BCUT2D eigenvalue weighted by atomic mass is 32.2. The Hall–Kier alpha value is -1.01. The van der Waals surface area contributed by atoms with E-state index in [9.17, 15) is 12.8 Å². The second kappa shape index (κ2) is 5.75. The second-order valence-corrected chi connectivity index (χ2v) is 6.45. The molecule has 1 unspecified atom stereocenters. The number of hydrogen-bond acceptors (Lipinski definition) is 3. The van der Waals surface area contributed by atoms with Crippen molar-refractivity contribution in [3.63, 3.8) is 0 Å². The third-order valence-corrected chi connectivity index (χ3v) is 5.12. The lowest BCUT2D eigenvalue weighted by Gasteiger charge is -2.23. The van der Waals surface area contributed by atoms with Gasteiger partial charge < -0.3 is 0 Å². The Balaban J connectivity index is 2.18. The van der Waals surface area contributed by atoms with Gasteiger partial charge in [-0.2, -0.15) is 4.31 Å². The van der Waals surface area contributed by atoms with Gasteiger partial charge in [-0.3, -0.25) is 9.37 Å². The summed E-state index contributed by atoms with van der Waals surface area (Å²) in [6.45, 7) is -0.0706. The van der Waals surface area contributed by atoms with Crippen molar-refractivity contribution in [2.24, 2.45) is 0 Å². The summed E-state index contributed by atoms with van der Waals surface area (Å²) in [4.78, 5) is 4.03. The summed E-state index contributed by atoms with van der Waals surface area (Å²) < 4.78 is 37.9. The van der Waals surface area contributed by atoms with Gasteiger partial charge in [0.05, 0.1) is 18.5 Å². The van der Waals surface area contributed by atoms with Gasteiger partial charge in [0.1, 0.15) is 0 Å². The zero-order valence-corrected chi connectivity index (χ0v) is 10.9. The van der Waals surface area contributed by atoms with E-state index >= 15 is 0 Å². The van der Waals surface area contributed by atoms with Gasteiger partial charge in [-0.25, -0.2) is 8.42 Å². The van der Waals surface area contributed by atoms with Gasteiger partial charge in [0.25, 0.3) is 0 Å². The molecule has 1 fully saturated rings. The number of rotatable bonds is 5. The van der Waals surface area contributed by atoms with Gasteiger partial charge in [-0.05, 0) is 30.9 Å². The first-order chi connectivity index (χ1) is 8.65. The van der Waals surface area contributed by atoms with Crippen LogP contribution in [0.25, 0.3) is 0 Å². The van der Waals surface area contributed by atoms with E-state index in [-0.39, 0.29) is 18.2 Å². The molecule has 0 N–H and O–H groups in total. The predicted molar refractivity (Wildman–Crippen MR) is 67.3 cm³/mol. The number of nitrogens with zero attached hydrogens (tertiary/aromatic N) is 2. The molecule has 18 heavy (non-hydrogen) atoms. The number of aromatic nitrogens is 1. The fourth-order valence-electron chi connectivity index (χ4n) is 2.33. The summed E-state index contributed by atoms with van der Waals surface area (Å²) in [6.07, 6.45) is 5.08. The molecule has 0 spiro atoms. The van der Waals surface area contributed by atoms with Crippen LogP contribution < -0.4 is 0 Å². The molecular weight excluding hydrogens is 255 g/mol. The van der Waals surface area contributed by atoms with E-state index in [1.807, 2.05) is 6.07 Å². The fraction of sp³-hybridized carbons (Fsp3) is 0.583. The summed E-state index contributed by atoms with van der Waals surface area (Å²) in [5, 5.41) is 0. The van der Waals surface area contributed by atoms with Crippen LogP contribution in [-0.2, 0) is 10.0 Å². The molecule has 6 heteroatoms. The molecule has 0 aliphatic carbocycles. The van der Waals surface area contributed by atoms with Crippen molar-refractivity contribution in [1.29, 1.82) is 0 Å². The summed E-state index contributed by atoms with van der Waals surface area (Å²) >= 11 is 0. The Morgan fingerprint density at radius 1 is 1.50 bits per heavy atom. The normalized spacial score (nSPS) is 21.3. The van der Waals surface area contributed by atoms with Crippen molar-refractivity contribution >= 4 is 10.0 Å². The lowest BCUT2D eigenvalue weighted by Crippen LogP contribution is -2.32. The average Bonchev–Trinajstić information content (AvgIpc) is 2.87. The molecule has 0 amide bonds. The number of sulfonamides is 1. The Morgan fingerprint density at radius 2 is 2.33 bits per heavy atom. The lowest BCUT2D eigenvalue weighted by molar-refractivity contribution is 0.392. The fourth-order valence-corrected chi connectivity index (χ4v) is 4.06. The van der Waals surface area contributed by atoms with Gasteiger partial charge in [0, 0.05) is 18.9 Å². The van der Waals surface area contributed by atoms with Gasteiger partial charge in [-0.1, -0.05) is 6.07 Å². The number of alkyl halides is 1. The van der Waals surface area contributed by atoms with Gasteiger partial charge in [-0.15, -0.1) is 0 Å². The molecule has 0 radical (unpaired) electrons. The third kappa shape index (κ3) is 2.87. The minimum atomic E-state index is -3.35. The standard InChI is InChI=1S/C12H17FN2O2S/c13-6-3-9-18(16,17)15-8-2-5-12(15)11-4-1-7-14-10-11/h1,4,7,10,12H,2-3,5-6,8-9H2. The summed E-state index contributed by atoms with van der Waals surface area (Å²) in [7, 11) is -3.35. The molecule has 1 atom stereocenters. The van der Waals surface area contributed by atoms with Gasteiger partial charge in [0.2, 0.25) is 10.0 Å². The molecule has 2 rings (SSSR count). The van der Waals surface area contributed by atoms with Crippen molar-refractivity contribution in [1.82, 2.24) is 9.29 Å². The summed E-state index contributed by atoms with van der Waals surface area (Å²) in [5.41, 5.74) is 0.916. The average molecular weight is 272 g/mol. The highest BCUT2D eigenvalue weighted by molar-refractivity contribution is 7.89. The Bertz CT molecular complexity index is 478. The SMILES string of the molecule is O=S(=O)(CCCF)N1CCCC1c1cccnc1. The maximum atomic E-state index is 12.1. The van der Waals surface area contributed by atoms with E-state index in [4.69, 9.17) is 0 Å². The highest BCUT2D eigenvalue weighted by Gasteiger charge is 2.34. The van der Waals surface area contributed by atoms with Gasteiger partial charge >= 0.3 is 0 Å². The first-order valence-electron chi connectivity index (χ1n) is 6.10. The molecule has 100 valence electrons. The Labute approximate surface area is 107 Å². The Morgan fingerprint density at radius 3 is 3.00 bits per heavy atom. The maximum absolute atomic E-state index is 12.1. The molecular formula is C12H17FN2O2S. The predicted octanol–water partition coefficient (Wildman–Crippen LogP) is 1.91. The van der Waals surface area contributed by atoms with Crippen molar-refractivity contribution in [2.45, 2.75) is 25.3 Å². The van der Waals surface area contributed by atoms with E-state index < -0.39 is 16.7 Å². The first kappa shape index (κ1) is 13.4. The van der Waals surface area contributed by atoms with E-state index in [1.165, 1.54) is 4.31 Å². The second-order valence-electron chi connectivity index (χ2n) is 4.41. The molecule has 2 heterocycles. The van der Waals surface area contributed by atoms with Crippen LogP contribution >= 0.6 is 0 Å². The molecule has 1 aliphatic rings. The third-order valence-electron chi connectivity index (χ3n) is 3.17. The number of pyridine rings is 1. The molecule has 1 aromatic rings. The van der Waals surface area contributed by atoms with Crippen LogP contribution in [0.2, 0.25) is 0 Å². The van der Waals surface area contributed by atoms with Crippen molar-refractivity contribution in [2.75, 3.05) is 19.0 Å². The van der Waals surface area contributed by atoms with Crippen LogP contribution in [0.5, 0.6) is 0 Å². The van der Waals surface area contributed by atoms with Crippen LogP contribution in [0.15, 0.2) is 24.5 Å². The first-order valence-corrected chi connectivity index (χ1v) is 7.71.